The number of halogens is 1. The summed E-state index contributed by atoms with van der Waals surface area (Å²) in [6, 6.07) is 5.03. The molecule has 0 aromatic heterocycles. The highest BCUT2D eigenvalue weighted by Crippen LogP contribution is 2.23. The van der Waals surface area contributed by atoms with Crippen molar-refractivity contribution < 1.29 is 9.13 Å². The lowest BCUT2D eigenvalue weighted by atomic mass is 10.2. The van der Waals surface area contributed by atoms with E-state index < -0.39 is 0 Å². The summed E-state index contributed by atoms with van der Waals surface area (Å²) in [5.74, 6) is 0.0864. The molecule has 1 atom stereocenters. The van der Waals surface area contributed by atoms with Gasteiger partial charge in [0.05, 0.1) is 12.6 Å². The first-order chi connectivity index (χ1) is 9.70. The molecule has 3 N–H and O–H groups in total. The molecule has 1 saturated heterocycles. The number of nitrogens with zero attached hydrogens (tertiary/aromatic N) is 1. The molecule has 4 nitrogen and oxygen atoms in total. The zero-order valence-corrected chi connectivity index (χ0v) is 12.4. The van der Waals surface area contributed by atoms with Gasteiger partial charge < -0.3 is 15.8 Å². The lowest BCUT2D eigenvalue weighted by Crippen LogP contribution is -2.37. The van der Waals surface area contributed by atoms with Crippen molar-refractivity contribution in [3.63, 3.8) is 0 Å². The molecule has 0 spiro atoms. The number of benzene rings is 1. The van der Waals surface area contributed by atoms with E-state index in [1.807, 2.05) is 12.3 Å². The minimum Gasteiger partial charge on any atom is -0.376 e. The molecule has 0 aliphatic carbocycles. The van der Waals surface area contributed by atoms with Crippen LogP contribution in [0.2, 0.25) is 0 Å². The summed E-state index contributed by atoms with van der Waals surface area (Å²) in [7, 11) is 0. The van der Waals surface area contributed by atoms with Crippen LogP contribution in [0.5, 0.6) is 0 Å². The van der Waals surface area contributed by atoms with Crippen LogP contribution < -0.4 is 11.1 Å². The summed E-state index contributed by atoms with van der Waals surface area (Å²) in [6.07, 6.45) is 4.26. The molecule has 20 heavy (non-hydrogen) atoms. The van der Waals surface area contributed by atoms with Crippen molar-refractivity contribution in [2.75, 3.05) is 19.4 Å². The Balaban J connectivity index is 1.90. The van der Waals surface area contributed by atoms with Crippen molar-refractivity contribution in [1.29, 1.82) is 0 Å². The molecular formula is C14H20FN3OS. The lowest BCUT2D eigenvalue weighted by molar-refractivity contribution is 0.114. The van der Waals surface area contributed by atoms with Gasteiger partial charge in [-0.25, -0.2) is 9.38 Å². The summed E-state index contributed by atoms with van der Waals surface area (Å²) in [6.45, 7) is 1.71. The Morgan fingerprint density at radius 3 is 3.15 bits per heavy atom. The Kier molecular flexibility index (Phi) is 5.67. The van der Waals surface area contributed by atoms with E-state index in [4.69, 9.17) is 10.5 Å². The molecule has 1 heterocycles. The van der Waals surface area contributed by atoms with E-state index in [2.05, 4.69) is 10.3 Å². The first-order valence-corrected chi connectivity index (χ1v) is 7.90. The SMILES string of the molecule is CSc1cccc(F)c1CN=C(N)NCC1CCCO1. The number of ether oxygens (including phenoxy) is 1. The lowest BCUT2D eigenvalue weighted by Gasteiger charge is -2.11. The fourth-order valence-electron chi connectivity index (χ4n) is 2.13. The van der Waals surface area contributed by atoms with Crippen LogP contribution in [0.25, 0.3) is 0 Å². The summed E-state index contributed by atoms with van der Waals surface area (Å²) >= 11 is 1.50. The molecular weight excluding hydrogens is 277 g/mol. The van der Waals surface area contributed by atoms with Gasteiger partial charge in [-0.2, -0.15) is 0 Å². The van der Waals surface area contributed by atoms with Crippen LogP contribution in [0.15, 0.2) is 28.1 Å². The Hall–Kier alpha value is -1.27. The molecule has 1 aliphatic heterocycles. The van der Waals surface area contributed by atoms with Gasteiger partial charge in [-0.3, -0.25) is 0 Å². The second-order valence-electron chi connectivity index (χ2n) is 4.64. The third kappa shape index (κ3) is 4.11. The van der Waals surface area contributed by atoms with Gasteiger partial charge in [-0.1, -0.05) is 6.07 Å². The minimum atomic E-state index is -0.243. The average molecular weight is 297 g/mol. The van der Waals surface area contributed by atoms with Crippen molar-refractivity contribution >= 4 is 17.7 Å². The molecule has 0 radical (unpaired) electrons. The molecule has 1 aromatic carbocycles. The molecule has 1 aliphatic rings. The van der Waals surface area contributed by atoms with E-state index >= 15 is 0 Å². The topological polar surface area (TPSA) is 59.6 Å². The number of thioether (sulfide) groups is 1. The molecule has 6 heteroatoms. The van der Waals surface area contributed by atoms with E-state index in [1.54, 1.807) is 6.07 Å². The smallest absolute Gasteiger partial charge is 0.189 e. The van der Waals surface area contributed by atoms with Crippen LogP contribution in [0.3, 0.4) is 0 Å². The summed E-state index contributed by atoms with van der Waals surface area (Å²) in [5, 5.41) is 3.03. The maximum Gasteiger partial charge on any atom is 0.189 e. The van der Waals surface area contributed by atoms with Crippen molar-refractivity contribution in [2.45, 2.75) is 30.4 Å². The van der Waals surface area contributed by atoms with E-state index in [1.165, 1.54) is 17.8 Å². The van der Waals surface area contributed by atoms with Crippen LogP contribution in [-0.4, -0.2) is 31.5 Å². The maximum atomic E-state index is 13.8. The highest BCUT2D eigenvalue weighted by Gasteiger charge is 2.15. The van der Waals surface area contributed by atoms with Gasteiger partial charge in [0, 0.05) is 23.6 Å². The van der Waals surface area contributed by atoms with Gasteiger partial charge in [-0.05, 0) is 31.2 Å². The van der Waals surface area contributed by atoms with Crippen molar-refractivity contribution in [3.05, 3.63) is 29.6 Å². The number of nitrogens with two attached hydrogens (primary N) is 1. The Morgan fingerprint density at radius 2 is 2.45 bits per heavy atom. The van der Waals surface area contributed by atoms with Crippen LogP contribution in [0.4, 0.5) is 4.39 Å². The van der Waals surface area contributed by atoms with E-state index in [0.717, 1.165) is 24.3 Å². The zero-order valence-electron chi connectivity index (χ0n) is 11.6. The quantitative estimate of drug-likeness (QED) is 0.496. The Morgan fingerprint density at radius 1 is 1.60 bits per heavy atom. The average Bonchev–Trinajstić information content (AvgIpc) is 2.96. The van der Waals surface area contributed by atoms with Crippen LogP contribution >= 0.6 is 11.8 Å². The highest BCUT2D eigenvalue weighted by molar-refractivity contribution is 7.98. The largest absolute Gasteiger partial charge is 0.376 e. The normalized spacial score (nSPS) is 19.3. The van der Waals surface area contributed by atoms with Gasteiger partial charge in [0.15, 0.2) is 5.96 Å². The third-order valence-electron chi connectivity index (χ3n) is 3.24. The Bertz CT molecular complexity index is 475. The van der Waals surface area contributed by atoms with E-state index in [0.29, 0.717) is 18.1 Å². The summed E-state index contributed by atoms with van der Waals surface area (Å²) in [4.78, 5) is 5.09. The van der Waals surface area contributed by atoms with Crippen molar-refractivity contribution in [3.8, 4) is 0 Å². The predicted octanol–water partition coefficient (Wildman–Crippen LogP) is 2.13. The number of aliphatic imine (C=N–C) groups is 1. The number of hydrogen-bond acceptors (Lipinski definition) is 3. The van der Waals surface area contributed by atoms with Gasteiger partial charge in [0.2, 0.25) is 0 Å². The van der Waals surface area contributed by atoms with Crippen LogP contribution in [0, 0.1) is 5.82 Å². The summed E-state index contributed by atoms with van der Waals surface area (Å²) in [5.41, 5.74) is 6.38. The van der Waals surface area contributed by atoms with Gasteiger partial charge >= 0.3 is 0 Å². The first-order valence-electron chi connectivity index (χ1n) is 6.67. The fourth-order valence-corrected chi connectivity index (χ4v) is 2.75. The van der Waals surface area contributed by atoms with E-state index in [-0.39, 0.29) is 18.5 Å². The fraction of sp³-hybridized carbons (Fsp3) is 0.500. The monoisotopic (exact) mass is 297 g/mol. The van der Waals surface area contributed by atoms with E-state index in [9.17, 15) is 4.39 Å². The van der Waals surface area contributed by atoms with Gasteiger partial charge in [0.1, 0.15) is 5.82 Å². The second kappa shape index (κ2) is 7.50. The molecule has 0 bridgehead atoms. The van der Waals surface area contributed by atoms with Crippen molar-refractivity contribution in [2.24, 2.45) is 10.7 Å². The van der Waals surface area contributed by atoms with Gasteiger partial charge in [0.25, 0.3) is 0 Å². The molecule has 1 aromatic rings. The summed E-state index contributed by atoms with van der Waals surface area (Å²) < 4.78 is 19.2. The molecule has 1 fully saturated rings. The first kappa shape index (κ1) is 15.1. The Labute approximate surface area is 123 Å². The predicted molar refractivity (Wildman–Crippen MR) is 80.5 cm³/mol. The van der Waals surface area contributed by atoms with Crippen LogP contribution in [-0.2, 0) is 11.3 Å². The minimum absolute atomic E-state index is 0.207. The third-order valence-corrected chi connectivity index (χ3v) is 4.06. The maximum absolute atomic E-state index is 13.8. The number of guanidine groups is 1. The molecule has 1 unspecified atom stereocenters. The van der Waals surface area contributed by atoms with Crippen molar-refractivity contribution in [1.82, 2.24) is 5.32 Å². The standard InChI is InChI=1S/C14H20FN3OS/c1-20-13-6-2-5-12(15)11(13)9-18-14(16)17-8-10-4-3-7-19-10/h2,5-6,10H,3-4,7-9H2,1H3,(H3,16,17,18). The molecule has 2 rings (SSSR count). The van der Waals surface area contributed by atoms with Gasteiger partial charge in [-0.15, -0.1) is 11.8 Å². The highest BCUT2D eigenvalue weighted by atomic mass is 32.2. The number of hydrogen-bond donors (Lipinski definition) is 2. The molecule has 110 valence electrons. The molecule has 0 saturated carbocycles. The zero-order chi connectivity index (χ0) is 14.4. The van der Waals surface area contributed by atoms with Crippen LogP contribution in [0.1, 0.15) is 18.4 Å². The number of rotatable bonds is 5. The second-order valence-corrected chi connectivity index (χ2v) is 5.49. The molecule has 0 amide bonds. The number of nitrogens with one attached hydrogen (secondary N) is 1.